The summed E-state index contributed by atoms with van der Waals surface area (Å²) >= 11 is 0. The Bertz CT molecular complexity index is 659. The number of aliphatic hydroxyl groups excluding tert-OH is 2. The molecule has 4 heteroatoms. The fraction of sp³-hybridized carbons (Fsp3) is 0.667. The van der Waals surface area contributed by atoms with Crippen molar-refractivity contribution < 1.29 is 20.1 Å². The SMILES string of the molecule is CC(=O)[C@@]1(O)CC[C@H]2C(C=CC3=C(C)CC[C@H](O)C3)=C[C@@H](O)C[C@@]21C. The zero-order valence-electron chi connectivity index (χ0n) is 15.5. The van der Waals surface area contributed by atoms with E-state index in [0.29, 0.717) is 19.3 Å². The van der Waals surface area contributed by atoms with Crippen LogP contribution in [0.4, 0.5) is 0 Å². The molecule has 0 amide bonds. The molecule has 138 valence electrons. The first-order valence-corrected chi connectivity index (χ1v) is 9.35. The van der Waals surface area contributed by atoms with Crippen LogP contribution in [-0.2, 0) is 4.79 Å². The highest BCUT2D eigenvalue weighted by Crippen LogP contribution is 2.58. The van der Waals surface area contributed by atoms with E-state index in [1.165, 1.54) is 12.5 Å². The summed E-state index contributed by atoms with van der Waals surface area (Å²) in [6, 6.07) is 0. The van der Waals surface area contributed by atoms with Gasteiger partial charge in [-0.2, -0.15) is 0 Å². The van der Waals surface area contributed by atoms with Gasteiger partial charge in [0.25, 0.3) is 0 Å². The second-order valence-electron chi connectivity index (χ2n) is 8.40. The van der Waals surface area contributed by atoms with Crippen molar-refractivity contribution in [1.82, 2.24) is 0 Å². The van der Waals surface area contributed by atoms with E-state index in [1.54, 1.807) is 0 Å². The Balaban J connectivity index is 1.90. The Hall–Kier alpha value is -1.23. The Morgan fingerprint density at radius 3 is 2.68 bits per heavy atom. The smallest absolute Gasteiger partial charge is 0.161 e. The van der Waals surface area contributed by atoms with Crippen LogP contribution in [0.5, 0.6) is 0 Å². The van der Waals surface area contributed by atoms with Gasteiger partial charge in [-0.15, -0.1) is 0 Å². The maximum Gasteiger partial charge on any atom is 0.161 e. The van der Waals surface area contributed by atoms with Crippen molar-refractivity contribution in [3.05, 3.63) is 34.9 Å². The van der Waals surface area contributed by atoms with Crippen LogP contribution in [0.25, 0.3) is 0 Å². The zero-order chi connectivity index (χ0) is 18.4. The molecule has 3 N–H and O–H groups in total. The molecule has 5 atom stereocenters. The molecule has 25 heavy (non-hydrogen) atoms. The van der Waals surface area contributed by atoms with Crippen molar-refractivity contribution in [2.75, 3.05) is 0 Å². The maximum atomic E-state index is 12.1. The number of rotatable bonds is 3. The Kier molecular flexibility index (Phi) is 4.82. The van der Waals surface area contributed by atoms with Gasteiger partial charge in [0, 0.05) is 5.41 Å². The monoisotopic (exact) mass is 346 g/mol. The fourth-order valence-electron chi connectivity index (χ4n) is 5.15. The van der Waals surface area contributed by atoms with Gasteiger partial charge < -0.3 is 15.3 Å². The predicted molar refractivity (Wildman–Crippen MR) is 96.9 cm³/mol. The summed E-state index contributed by atoms with van der Waals surface area (Å²) in [6.45, 7) is 5.49. The van der Waals surface area contributed by atoms with Gasteiger partial charge in [-0.3, -0.25) is 4.79 Å². The number of ketones is 1. The van der Waals surface area contributed by atoms with Crippen molar-refractivity contribution in [3.8, 4) is 0 Å². The molecule has 0 aliphatic heterocycles. The predicted octanol–water partition coefficient (Wildman–Crippen LogP) is 2.83. The number of carbonyl (C=O) groups excluding carboxylic acids is 1. The molecule has 3 rings (SSSR count). The van der Waals surface area contributed by atoms with Crippen LogP contribution in [0.3, 0.4) is 0 Å². The van der Waals surface area contributed by atoms with Crippen LogP contribution >= 0.6 is 0 Å². The number of Topliss-reactive ketones (excluding diaryl/α,β-unsaturated/α-hetero) is 1. The summed E-state index contributed by atoms with van der Waals surface area (Å²) in [6.07, 6.45) is 8.99. The van der Waals surface area contributed by atoms with Gasteiger partial charge in [0.2, 0.25) is 0 Å². The van der Waals surface area contributed by atoms with Gasteiger partial charge in [-0.05, 0) is 69.4 Å². The zero-order valence-corrected chi connectivity index (χ0v) is 15.5. The minimum atomic E-state index is -1.36. The van der Waals surface area contributed by atoms with Crippen molar-refractivity contribution in [3.63, 3.8) is 0 Å². The van der Waals surface area contributed by atoms with Crippen LogP contribution in [0, 0.1) is 11.3 Å². The van der Waals surface area contributed by atoms with E-state index in [9.17, 15) is 20.1 Å². The van der Waals surface area contributed by atoms with Gasteiger partial charge in [-0.25, -0.2) is 0 Å². The lowest BCUT2D eigenvalue weighted by atomic mass is 9.61. The summed E-state index contributed by atoms with van der Waals surface area (Å²) < 4.78 is 0. The lowest BCUT2D eigenvalue weighted by molar-refractivity contribution is -0.150. The molecule has 0 saturated heterocycles. The van der Waals surface area contributed by atoms with Crippen molar-refractivity contribution in [2.24, 2.45) is 11.3 Å². The summed E-state index contributed by atoms with van der Waals surface area (Å²) in [7, 11) is 0. The summed E-state index contributed by atoms with van der Waals surface area (Å²) in [5.41, 5.74) is 1.46. The average Bonchev–Trinajstić information content (AvgIpc) is 2.80. The van der Waals surface area contributed by atoms with Gasteiger partial charge in [0.1, 0.15) is 5.60 Å². The maximum absolute atomic E-state index is 12.1. The summed E-state index contributed by atoms with van der Waals surface area (Å²) in [4.78, 5) is 12.1. The Morgan fingerprint density at radius 1 is 1.28 bits per heavy atom. The van der Waals surface area contributed by atoms with Crippen LogP contribution in [0.1, 0.15) is 59.3 Å². The largest absolute Gasteiger partial charge is 0.393 e. The van der Waals surface area contributed by atoms with Gasteiger partial charge in [0.05, 0.1) is 12.2 Å². The molecule has 1 fully saturated rings. The van der Waals surface area contributed by atoms with Crippen molar-refractivity contribution in [2.45, 2.75) is 77.1 Å². The number of aliphatic hydroxyl groups is 3. The standard InChI is InChI=1S/C21H30O4/c1-13-4-7-17(23)10-15(13)5-6-16-11-18(24)12-20(3)19(16)8-9-21(20,25)14(2)22/h5-6,11,17-19,23-25H,4,7-10,12H2,1-3H3/t17-,18+,19-,20-,21-/m0/s1. The molecule has 3 aliphatic carbocycles. The highest BCUT2D eigenvalue weighted by atomic mass is 16.3. The normalized spacial score (nSPS) is 41.8. The second kappa shape index (κ2) is 6.49. The van der Waals surface area contributed by atoms with Crippen LogP contribution in [-0.4, -0.2) is 38.9 Å². The third-order valence-electron chi connectivity index (χ3n) is 6.84. The molecule has 0 aromatic heterocycles. The molecule has 0 radical (unpaired) electrons. The highest BCUT2D eigenvalue weighted by Gasteiger charge is 2.61. The van der Waals surface area contributed by atoms with E-state index >= 15 is 0 Å². The van der Waals surface area contributed by atoms with E-state index in [0.717, 1.165) is 30.4 Å². The minimum absolute atomic E-state index is 0.0653. The number of hydrogen-bond donors (Lipinski definition) is 3. The quantitative estimate of drug-likeness (QED) is 0.734. The van der Waals surface area contributed by atoms with E-state index in [2.05, 4.69) is 6.92 Å². The highest BCUT2D eigenvalue weighted by molar-refractivity contribution is 5.86. The molecule has 0 spiro atoms. The topological polar surface area (TPSA) is 77.8 Å². The van der Waals surface area contributed by atoms with E-state index in [1.807, 2.05) is 25.2 Å². The molecule has 3 aliphatic rings. The third kappa shape index (κ3) is 3.05. The first kappa shape index (κ1) is 18.6. The molecule has 0 aromatic rings. The number of carbonyl (C=O) groups is 1. The summed E-state index contributed by atoms with van der Waals surface area (Å²) in [5.74, 6) is -0.139. The molecule has 4 nitrogen and oxygen atoms in total. The lowest BCUT2D eigenvalue weighted by Crippen LogP contribution is -2.53. The summed E-state index contributed by atoms with van der Waals surface area (Å²) in [5, 5.41) is 31.3. The molecule has 1 saturated carbocycles. The average molecular weight is 346 g/mol. The second-order valence-corrected chi connectivity index (χ2v) is 8.40. The van der Waals surface area contributed by atoms with Gasteiger partial charge >= 0.3 is 0 Å². The van der Waals surface area contributed by atoms with E-state index in [4.69, 9.17) is 0 Å². The molecule has 0 aromatic carbocycles. The molecular weight excluding hydrogens is 316 g/mol. The van der Waals surface area contributed by atoms with E-state index < -0.39 is 17.1 Å². The van der Waals surface area contributed by atoms with Crippen LogP contribution in [0.2, 0.25) is 0 Å². The van der Waals surface area contributed by atoms with Gasteiger partial charge in [0.15, 0.2) is 5.78 Å². The third-order valence-corrected chi connectivity index (χ3v) is 6.84. The number of hydrogen-bond acceptors (Lipinski definition) is 4. The lowest BCUT2D eigenvalue weighted by Gasteiger charge is -2.45. The first-order chi connectivity index (χ1) is 11.7. The fourth-order valence-corrected chi connectivity index (χ4v) is 5.15. The number of fused-ring (bicyclic) bond motifs is 1. The first-order valence-electron chi connectivity index (χ1n) is 9.35. The van der Waals surface area contributed by atoms with Crippen molar-refractivity contribution in [1.29, 1.82) is 0 Å². The van der Waals surface area contributed by atoms with Crippen LogP contribution in [0.15, 0.2) is 34.9 Å². The molecule has 0 heterocycles. The number of allylic oxidation sites excluding steroid dienone is 4. The Labute approximate surface area is 149 Å². The Morgan fingerprint density at radius 2 is 2.00 bits per heavy atom. The molecule has 0 unspecified atom stereocenters. The molecule has 0 bridgehead atoms. The minimum Gasteiger partial charge on any atom is -0.393 e. The van der Waals surface area contributed by atoms with Crippen molar-refractivity contribution >= 4 is 5.78 Å². The van der Waals surface area contributed by atoms with E-state index in [-0.39, 0.29) is 17.8 Å². The molecular formula is C21H30O4. The van der Waals surface area contributed by atoms with Gasteiger partial charge in [-0.1, -0.05) is 30.7 Å². The van der Waals surface area contributed by atoms with Crippen LogP contribution < -0.4 is 0 Å².